The van der Waals surface area contributed by atoms with Crippen LogP contribution in [0.5, 0.6) is 17.2 Å². The minimum Gasteiger partial charge on any atom is -0.496 e. The molecule has 7 heteroatoms. The third-order valence-corrected chi connectivity index (χ3v) is 11.2. The molecule has 284 valence electrons. The highest BCUT2D eigenvalue weighted by Crippen LogP contribution is 2.46. The number of rotatable bonds is 15. The Labute approximate surface area is 336 Å². The van der Waals surface area contributed by atoms with Crippen LogP contribution in [-0.4, -0.2) is 30.6 Å². The number of halogens is 2. The summed E-state index contributed by atoms with van der Waals surface area (Å²) in [6.07, 6.45) is 1.18. The van der Waals surface area contributed by atoms with E-state index in [4.69, 9.17) is 42.4 Å². The molecule has 6 rings (SSSR count). The van der Waals surface area contributed by atoms with E-state index in [0.29, 0.717) is 28.7 Å². The standard InChI is InChI=1S/C48H50Cl2N2O3/c1-32-27-28-33(2)52(32)31-37(29-35(30-48(4,5)36-17-9-8-10-18-36)34(3)51-46-42(49)23-16-24-43(46)50)55-47-40(38-19-11-13-25-44(38)53-6)21-15-22-41(47)39-20-12-14-26-45(39)54-7/h8-28,35,37H,29-31H2,1-7H3. The molecule has 5 aromatic carbocycles. The van der Waals surface area contributed by atoms with Crippen LogP contribution in [0.15, 0.2) is 132 Å². The van der Waals surface area contributed by atoms with Crippen molar-refractivity contribution in [3.05, 3.63) is 154 Å². The van der Waals surface area contributed by atoms with Gasteiger partial charge in [-0.3, -0.25) is 4.99 Å². The number of hydrogen-bond acceptors (Lipinski definition) is 4. The molecule has 0 saturated carbocycles. The second-order valence-electron chi connectivity index (χ2n) is 14.8. The van der Waals surface area contributed by atoms with Gasteiger partial charge in [0.05, 0.1) is 30.8 Å². The minimum absolute atomic E-state index is 0.0168. The van der Waals surface area contributed by atoms with Gasteiger partial charge in [0.2, 0.25) is 0 Å². The van der Waals surface area contributed by atoms with Crippen molar-refractivity contribution in [1.82, 2.24) is 4.57 Å². The molecule has 0 aliphatic carbocycles. The first-order chi connectivity index (χ1) is 26.5. The van der Waals surface area contributed by atoms with E-state index in [1.165, 1.54) is 17.0 Å². The molecule has 0 aliphatic rings. The maximum absolute atomic E-state index is 7.53. The van der Waals surface area contributed by atoms with Gasteiger partial charge in [-0.05, 0) is 81.0 Å². The molecule has 55 heavy (non-hydrogen) atoms. The molecule has 0 saturated heterocycles. The van der Waals surface area contributed by atoms with Gasteiger partial charge in [-0.25, -0.2) is 0 Å². The van der Waals surface area contributed by atoms with Gasteiger partial charge >= 0.3 is 0 Å². The second-order valence-corrected chi connectivity index (χ2v) is 15.6. The topological polar surface area (TPSA) is 45.0 Å². The number of aromatic nitrogens is 1. The predicted molar refractivity (Wildman–Crippen MR) is 230 cm³/mol. The Bertz CT molecular complexity index is 2150. The Morgan fingerprint density at radius 3 is 1.69 bits per heavy atom. The summed E-state index contributed by atoms with van der Waals surface area (Å²) in [7, 11) is 3.41. The van der Waals surface area contributed by atoms with Crippen LogP contribution < -0.4 is 14.2 Å². The van der Waals surface area contributed by atoms with Crippen molar-refractivity contribution in [2.45, 2.75) is 65.5 Å². The van der Waals surface area contributed by atoms with Gasteiger partial charge in [-0.1, -0.05) is 128 Å². The summed E-state index contributed by atoms with van der Waals surface area (Å²) in [5.41, 5.74) is 8.69. The van der Waals surface area contributed by atoms with Crippen LogP contribution in [0, 0.1) is 19.8 Å². The quantitative estimate of drug-likeness (QED) is 0.0976. The second kappa shape index (κ2) is 17.7. The molecule has 0 spiro atoms. The highest BCUT2D eigenvalue weighted by molar-refractivity contribution is 6.38. The monoisotopic (exact) mass is 772 g/mol. The zero-order valence-corrected chi connectivity index (χ0v) is 34.3. The van der Waals surface area contributed by atoms with Crippen LogP contribution in [0.25, 0.3) is 22.3 Å². The summed E-state index contributed by atoms with van der Waals surface area (Å²) in [5, 5.41) is 1.04. The summed E-state index contributed by atoms with van der Waals surface area (Å²) >= 11 is 13.4. The van der Waals surface area contributed by atoms with E-state index in [1.807, 2.05) is 54.6 Å². The number of benzene rings is 5. The number of aliphatic imine (C=N–C) groups is 1. The number of ether oxygens (including phenoxy) is 3. The molecule has 0 fully saturated rings. The lowest BCUT2D eigenvalue weighted by atomic mass is 9.74. The number of hydrogen-bond donors (Lipinski definition) is 0. The fraction of sp³-hybridized carbons (Fsp3) is 0.271. The van der Waals surface area contributed by atoms with Crippen LogP contribution in [0.4, 0.5) is 5.69 Å². The predicted octanol–water partition coefficient (Wildman–Crippen LogP) is 13.4. The van der Waals surface area contributed by atoms with Gasteiger partial charge in [0.25, 0.3) is 0 Å². The van der Waals surface area contributed by atoms with Gasteiger partial charge in [0, 0.05) is 45.3 Å². The van der Waals surface area contributed by atoms with E-state index in [-0.39, 0.29) is 17.4 Å². The van der Waals surface area contributed by atoms with E-state index in [2.05, 4.69) is 112 Å². The van der Waals surface area contributed by atoms with Crippen molar-refractivity contribution in [3.8, 4) is 39.5 Å². The first-order valence-corrected chi connectivity index (χ1v) is 19.5. The SMILES string of the molecule is COc1ccccc1-c1cccc(-c2ccccc2OC)c1OC(CC(CC(C)(C)c1ccccc1)C(C)=Nc1c(Cl)cccc1Cl)Cn1c(C)ccc1C. The summed E-state index contributed by atoms with van der Waals surface area (Å²) in [6, 6.07) is 43.0. The molecule has 2 unspecified atom stereocenters. The van der Waals surface area contributed by atoms with E-state index < -0.39 is 0 Å². The third-order valence-electron chi connectivity index (χ3n) is 10.6. The lowest BCUT2D eigenvalue weighted by molar-refractivity contribution is 0.153. The fourth-order valence-electron chi connectivity index (χ4n) is 7.55. The number of nitrogens with zero attached hydrogens (tertiary/aromatic N) is 2. The van der Waals surface area contributed by atoms with Crippen LogP contribution in [-0.2, 0) is 12.0 Å². The number of methoxy groups -OCH3 is 2. The molecule has 0 amide bonds. The average molecular weight is 774 g/mol. The van der Waals surface area contributed by atoms with Gasteiger partial charge in [-0.2, -0.15) is 0 Å². The summed E-state index contributed by atoms with van der Waals surface area (Å²) in [4.78, 5) is 5.16. The van der Waals surface area contributed by atoms with Crippen molar-refractivity contribution in [2.75, 3.05) is 14.2 Å². The molecule has 0 aliphatic heterocycles. The average Bonchev–Trinajstić information content (AvgIpc) is 3.51. The highest BCUT2D eigenvalue weighted by Gasteiger charge is 2.31. The molecule has 0 radical (unpaired) electrons. The van der Waals surface area contributed by atoms with Gasteiger partial charge < -0.3 is 18.8 Å². The molecule has 0 N–H and O–H groups in total. The van der Waals surface area contributed by atoms with Gasteiger partial charge in [0.1, 0.15) is 29.0 Å². The van der Waals surface area contributed by atoms with Crippen LogP contribution in [0.3, 0.4) is 0 Å². The lowest BCUT2D eigenvalue weighted by Gasteiger charge is -2.33. The lowest BCUT2D eigenvalue weighted by Crippen LogP contribution is -2.33. The Kier molecular flexibility index (Phi) is 12.8. The van der Waals surface area contributed by atoms with E-state index in [1.54, 1.807) is 14.2 Å². The molecule has 5 nitrogen and oxygen atoms in total. The molecule has 2 atom stereocenters. The first-order valence-electron chi connectivity index (χ1n) is 18.7. The third kappa shape index (κ3) is 9.12. The minimum atomic E-state index is -0.294. The zero-order valence-electron chi connectivity index (χ0n) is 32.8. The Morgan fingerprint density at radius 2 is 1.15 bits per heavy atom. The molecule has 6 aromatic rings. The molecule has 1 heterocycles. The maximum atomic E-state index is 7.53. The largest absolute Gasteiger partial charge is 0.496 e. The van der Waals surface area contributed by atoms with Crippen molar-refractivity contribution in [3.63, 3.8) is 0 Å². The molecule has 0 bridgehead atoms. The summed E-state index contributed by atoms with van der Waals surface area (Å²) < 4.78 is 21.7. The maximum Gasteiger partial charge on any atom is 0.135 e. The molecular weight excluding hydrogens is 723 g/mol. The number of para-hydroxylation sites is 4. The molecule has 1 aromatic heterocycles. The molecular formula is C48H50Cl2N2O3. The Morgan fingerprint density at radius 1 is 0.655 bits per heavy atom. The van der Waals surface area contributed by atoms with Crippen molar-refractivity contribution in [2.24, 2.45) is 10.9 Å². The summed E-state index contributed by atoms with van der Waals surface area (Å²) in [6.45, 7) is 11.6. The fourth-order valence-corrected chi connectivity index (χ4v) is 8.03. The van der Waals surface area contributed by atoms with Gasteiger partial charge in [0.15, 0.2) is 0 Å². The van der Waals surface area contributed by atoms with Crippen molar-refractivity contribution in [1.29, 1.82) is 0 Å². The van der Waals surface area contributed by atoms with E-state index in [0.717, 1.165) is 51.6 Å². The van der Waals surface area contributed by atoms with Crippen molar-refractivity contribution >= 4 is 34.6 Å². The van der Waals surface area contributed by atoms with Gasteiger partial charge in [-0.15, -0.1) is 0 Å². The summed E-state index contributed by atoms with van der Waals surface area (Å²) in [5.74, 6) is 2.27. The first kappa shape index (κ1) is 39.7. The van der Waals surface area contributed by atoms with Crippen LogP contribution in [0.2, 0.25) is 10.0 Å². The zero-order chi connectivity index (χ0) is 39.1. The normalized spacial score (nSPS) is 13.0. The van der Waals surface area contributed by atoms with Crippen LogP contribution in [0.1, 0.15) is 50.6 Å². The number of aryl methyl sites for hydroxylation is 2. The van der Waals surface area contributed by atoms with Crippen LogP contribution >= 0.6 is 23.2 Å². The van der Waals surface area contributed by atoms with E-state index in [9.17, 15) is 0 Å². The van der Waals surface area contributed by atoms with E-state index >= 15 is 0 Å². The highest BCUT2D eigenvalue weighted by atomic mass is 35.5. The Balaban J connectivity index is 1.53. The van der Waals surface area contributed by atoms with Crippen molar-refractivity contribution < 1.29 is 14.2 Å². The Hall–Kier alpha value is -4.97. The smallest absolute Gasteiger partial charge is 0.135 e.